The Morgan fingerprint density at radius 2 is 1.25 bits per heavy atom. The molecule has 0 fully saturated rings. The molecule has 2 nitrogen and oxygen atoms in total. The van der Waals surface area contributed by atoms with E-state index in [2.05, 4.69) is 45.9 Å². The zero-order valence-corrected chi connectivity index (χ0v) is 20.7. The van der Waals surface area contributed by atoms with E-state index < -0.39 is 10.8 Å². The molecule has 162 valence electrons. The monoisotopic (exact) mass is 601 g/mol. The van der Waals surface area contributed by atoms with Crippen molar-refractivity contribution in [1.29, 1.82) is 0 Å². The molecule has 0 aliphatic carbocycles. The molecule has 4 aromatic rings. The number of halogens is 1. The Balaban J connectivity index is 0.00000245. The molecule has 0 amide bonds. The molecule has 0 saturated heterocycles. The Kier molecular flexibility index (Phi) is 5.67. The predicted molar refractivity (Wildman–Crippen MR) is 121 cm³/mol. The van der Waals surface area contributed by atoms with Crippen LogP contribution >= 0.6 is 0 Å². The van der Waals surface area contributed by atoms with Crippen molar-refractivity contribution in [1.82, 2.24) is 9.97 Å². The fourth-order valence-corrected chi connectivity index (χ4v) is 4.14. The molecule has 1 aliphatic heterocycles. The van der Waals surface area contributed by atoms with Crippen LogP contribution in [0.1, 0.15) is 50.2 Å². The fourth-order valence-electron chi connectivity index (χ4n) is 4.14. The van der Waals surface area contributed by atoms with Gasteiger partial charge in [0, 0.05) is 22.6 Å². The van der Waals surface area contributed by atoms with Gasteiger partial charge in [-0.2, -0.15) is 0 Å². The maximum atomic E-state index is 14.9. The molecule has 0 N–H and O–H groups in total. The van der Waals surface area contributed by atoms with Crippen LogP contribution in [0.4, 0.5) is 4.39 Å². The summed E-state index contributed by atoms with van der Waals surface area (Å²) in [4.78, 5) is 9.84. The van der Waals surface area contributed by atoms with E-state index in [-0.39, 0.29) is 26.9 Å². The van der Waals surface area contributed by atoms with Gasteiger partial charge >= 0.3 is 21.1 Å². The van der Waals surface area contributed by atoms with Gasteiger partial charge in [-0.15, -0.1) is 59.2 Å². The van der Waals surface area contributed by atoms with Crippen molar-refractivity contribution >= 4 is 0 Å². The Hall–Kier alpha value is -2.64. The summed E-state index contributed by atoms with van der Waals surface area (Å²) >= 11 is 0. The van der Waals surface area contributed by atoms with Crippen molar-refractivity contribution in [2.75, 3.05) is 0 Å². The molecule has 2 aromatic heterocycles. The van der Waals surface area contributed by atoms with Gasteiger partial charge in [0.05, 0.1) is 0 Å². The van der Waals surface area contributed by atoms with E-state index in [1.54, 1.807) is 6.07 Å². The first-order valence-electron chi connectivity index (χ1n) is 10.5. The first-order chi connectivity index (χ1) is 14.8. The molecule has 0 spiro atoms. The molecule has 3 heterocycles. The zero-order chi connectivity index (χ0) is 21.8. The van der Waals surface area contributed by atoms with E-state index in [9.17, 15) is 4.39 Å². The summed E-state index contributed by atoms with van der Waals surface area (Å²) in [5.41, 5.74) is 5.53. The number of hydrogen-bond donors (Lipinski definition) is 0. The molecular formula is C28H23FN2Pt. The minimum atomic E-state index is -0.457. The Morgan fingerprint density at radius 3 is 1.97 bits per heavy atom. The zero-order valence-electron chi connectivity index (χ0n) is 18.4. The van der Waals surface area contributed by atoms with Crippen LogP contribution < -0.4 is 0 Å². The molecule has 0 unspecified atom stereocenters. The number of fused-ring (bicyclic) bond motifs is 10. The average molecular weight is 602 g/mol. The SMILES string of the molecule is CC1(C)c2[c-]c(ccc2)-c2cccc(n2)C(C)(C)c2cccc(n2)-c2[c-]c1ccc2F.[Pt+2]. The molecular weight excluding hydrogens is 578 g/mol. The average Bonchev–Trinajstić information content (AvgIpc) is 2.79. The summed E-state index contributed by atoms with van der Waals surface area (Å²) in [6.45, 7) is 8.41. The van der Waals surface area contributed by atoms with E-state index in [1.807, 2.05) is 48.5 Å². The predicted octanol–water partition coefficient (Wildman–Crippen LogP) is 6.51. The minimum Gasteiger partial charge on any atom is -0.300 e. The summed E-state index contributed by atoms with van der Waals surface area (Å²) in [6, 6.07) is 28.1. The molecule has 32 heavy (non-hydrogen) atoms. The van der Waals surface area contributed by atoms with Gasteiger partial charge in [-0.05, 0) is 42.8 Å². The molecule has 2 aromatic carbocycles. The van der Waals surface area contributed by atoms with Crippen LogP contribution in [0.25, 0.3) is 22.5 Å². The second kappa shape index (κ2) is 8.05. The number of benzene rings is 2. The summed E-state index contributed by atoms with van der Waals surface area (Å²) in [7, 11) is 0. The van der Waals surface area contributed by atoms with Gasteiger partial charge in [0.15, 0.2) is 0 Å². The second-order valence-corrected chi connectivity index (χ2v) is 9.14. The van der Waals surface area contributed by atoms with Gasteiger partial charge in [-0.1, -0.05) is 43.7 Å². The molecule has 1 aliphatic rings. The molecule has 0 radical (unpaired) electrons. The van der Waals surface area contributed by atoms with Crippen LogP contribution in [-0.2, 0) is 31.9 Å². The van der Waals surface area contributed by atoms with Crippen molar-refractivity contribution in [3.8, 4) is 22.5 Å². The first kappa shape index (κ1) is 22.5. The Labute approximate surface area is 203 Å². The number of hydrogen-bond acceptors (Lipinski definition) is 2. The van der Waals surface area contributed by atoms with Gasteiger partial charge in [0.2, 0.25) is 0 Å². The molecule has 8 bridgehead atoms. The standard InChI is InChI=1S/C28H23FN2.Pt/c1-27(2)19-9-5-8-18(16-19)23-10-6-12-25(30-23)28(3,4)26-13-7-11-24(31-26)21-17-20(27)14-15-22(21)29;/h5-15H,1-4H3;/q-2;+2. The van der Waals surface area contributed by atoms with Gasteiger partial charge in [0.25, 0.3) is 0 Å². The Bertz CT molecular complexity index is 1310. The Morgan fingerprint density at radius 1 is 0.656 bits per heavy atom. The normalized spacial score (nSPS) is 15.3. The maximum absolute atomic E-state index is 14.9. The first-order valence-corrected chi connectivity index (χ1v) is 10.5. The molecule has 0 saturated carbocycles. The van der Waals surface area contributed by atoms with Crippen molar-refractivity contribution in [2.45, 2.75) is 38.5 Å². The van der Waals surface area contributed by atoms with Gasteiger partial charge < -0.3 is 9.97 Å². The number of aromatic nitrogens is 2. The summed E-state index contributed by atoms with van der Waals surface area (Å²) in [5.74, 6) is -0.327. The third-order valence-corrected chi connectivity index (χ3v) is 6.35. The smallest absolute Gasteiger partial charge is 0.300 e. The summed E-state index contributed by atoms with van der Waals surface area (Å²) in [6.07, 6.45) is 0. The van der Waals surface area contributed by atoms with Crippen LogP contribution in [-0.4, -0.2) is 9.97 Å². The van der Waals surface area contributed by atoms with E-state index >= 15 is 0 Å². The van der Waals surface area contributed by atoms with Crippen molar-refractivity contribution in [3.63, 3.8) is 0 Å². The van der Waals surface area contributed by atoms with Crippen molar-refractivity contribution in [2.24, 2.45) is 0 Å². The van der Waals surface area contributed by atoms with Crippen LogP contribution in [0, 0.1) is 17.9 Å². The maximum Gasteiger partial charge on any atom is 2.00 e. The topological polar surface area (TPSA) is 25.8 Å². The van der Waals surface area contributed by atoms with Crippen LogP contribution in [0.15, 0.2) is 66.7 Å². The summed E-state index contributed by atoms with van der Waals surface area (Å²) < 4.78 is 14.9. The summed E-state index contributed by atoms with van der Waals surface area (Å²) in [5, 5.41) is 0. The van der Waals surface area contributed by atoms with Gasteiger partial charge in [0.1, 0.15) is 0 Å². The van der Waals surface area contributed by atoms with Crippen LogP contribution in [0.5, 0.6) is 0 Å². The largest absolute Gasteiger partial charge is 2.00 e. The minimum absolute atomic E-state index is 0. The van der Waals surface area contributed by atoms with Crippen LogP contribution in [0.2, 0.25) is 0 Å². The quantitative estimate of drug-likeness (QED) is 0.215. The van der Waals surface area contributed by atoms with Crippen LogP contribution in [0.3, 0.4) is 0 Å². The fraction of sp³-hybridized carbons (Fsp3) is 0.214. The molecule has 0 atom stereocenters. The van der Waals surface area contributed by atoms with Gasteiger partial charge in [-0.3, -0.25) is 4.39 Å². The molecule has 5 rings (SSSR count). The van der Waals surface area contributed by atoms with E-state index in [0.29, 0.717) is 11.3 Å². The van der Waals surface area contributed by atoms with Gasteiger partial charge in [-0.25, -0.2) is 0 Å². The van der Waals surface area contributed by atoms with Crippen molar-refractivity contribution in [3.05, 3.63) is 107 Å². The third-order valence-electron chi connectivity index (χ3n) is 6.35. The van der Waals surface area contributed by atoms with E-state index in [1.165, 1.54) is 6.07 Å². The van der Waals surface area contributed by atoms with E-state index in [0.717, 1.165) is 33.8 Å². The third kappa shape index (κ3) is 3.63. The van der Waals surface area contributed by atoms with E-state index in [4.69, 9.17) is 9.97 Å². The number of nitrogens with zero attached hydrogens (tertiary/aromatic N) is 2. The number of pyridine rings is 2. The second-order valence-electron chi connectivity index (χ2n) is 9.14. The van der Waals surface area contributed by atoms with Crippen molar-refractivity contribution < 1.29 is 25.5 Å². The number of rotatable bonds is 0. The molecule has 4 heteroatoms.